The fourth-order valence-electron chi connectivity index (χ4n) is 1.91. The molecule has 100 valence electrons. The van der Waals surface area contributed by atoms with Crippen molar-refractivity contribution in [3.05, 3.63) is 23.6 Å². The van der Waals surface area contributed by atoms with E-state index in [1.165, 1.54) is 0 Å². The van der Waals surface area contributed by atoms with Crippen molar-refractivity contribution in [3.8, 4) is 22.9 Å². The second-order valence-corrected chi connectivity index (χ2v) is 4.01. The van der Waals surface area contributed by atoms with Gasteiger partial charge in [-0.25, -0.2) is 0 Å². The van der Waals surface area contributed by atoms with E-state index in [1.807, 2.05) is 12.1 Å². The number of rotatable bonds is 4. The van der Waals surface area contributed by atoms with Crippen LogP contribution in [0.1, 0.15) is 11.5 Å². The average molecular weight is 263 g/mol. The Bertz CT molecular complexity index is 597. The Morgan fingerprint density at radius 1 is 1.32 bits per heavy atom. The van der Waals surface area contributed by atoms with Crippen molar-refractivity contribution in [1.29, 1.82) is 0 Å². The van der Waals surface area contributed by atoms with Crippen LogP contribution in [-0.4, -0.2) is 24.0 Å². The Labute approximate surface area is 109 Å². The zero-order chi connectivity index (χ0) is 13.2. The largest absolute Gasteiger partial charge is 0.454 e. The van der Waals surface area contributed by atoms with Crippen molar-refractivity contribution in [2.24, 2.45) is 5.73 Å². The number of nitrogens with two attached hydrogens (primary N) is 1. The van der Waals surface area contributed by atoms with Crippen LogP contribution >= 0.6 is 0 Å². The third kappa shape index (κ3) is 2.13. The minimum Gasteiger partial charge on any atom is -0.454 e. The molecular weight excluding hydrogens is 250 g/mol. The first-order valence-electron chi connectivity index (χ1n) is 5.76. The second kappa shape index (κ2) is 4.87. The van der Waals surface area contributed by atoms with E-state index in [2.05, 4.69) is 10.1 Å². The molecule has 0 saturated carbocycles. The Morgan fingerprint density at radius 3 is 2.79 bits per heavy atom. The summed E-state index contributed by atoms with van der Waals surface area (Å²) in [5.41, 5.74) is 7.15. The number of hydrogen-bond donors (Lipinski definition) is 1. The number of methoxy groups -OCH3 is 1. The van der Waals surface area contributed by atoms with Crippen LogP contribution in [0.25, 0.3) is 11.4 Å². The predicted molar refractivity (Wildman–Crippen MR) is 64.5 cm³/mol. The Balaban J connectivity index is 2.07. The zero-order valence-electron chi connectivity index (χ0n) is 10.4. The highest BCUT2D eigenvalue weighted by Gasteiger charge is 2.20. The summed E-state index contributed by atoms with van der Waals surface area (Å²) in [6.07, 6.45) is 0. The van der Waals surface area contributed by atoms with Gasteiger partial charge < -0.3 is 24.5 Å². The van der Waals surface area contributed by atoms with Crippen LogP contribution in [0.3, 0.4) is 0 Å². The molecule has 0 amide bonds. The van der Waals surface area contributed by atoms with E-state index in [4.69, 9.17) is 24.5 Å². The van der Waals surface area contributed by atoms with Crippen LogP contribution in [0.2, 0.25) is 0 Å². The summed E-state index contributed by atoms with van der Waals surface area (Å²) in [6.45, 7) is 0.834. The molecule has 7 nitrogen and oxygen atoms in total. The lowest BCUT2D eigenvalue weighted by Gasteiger charge is -2.07. The highest BCUT2D eigenvalue weighted by Crippen LogP contribution is 2.38. The van der Waals surface area contributed by atoms with Crippen LogP contribution in [0, 0.1) is 0 Å². The molecule has 1 aromatic heterocycles. The topological polar surface area (TPSA) is 92.6 Å². The van der Waals surface area contributed by atoms with Gasteiger partial charge in [-0.3, -0.25) is 0 Å². The van der Waals surface area contributed by atoms with Crippen molar-refractivity contribution >= 4 is 0 Å². The summed E-state index contributed by atoms with van der Waals surface area (Å²) >= 11 is 0. The van der Waals surface area contributed by atoms with Crippen molar-refractivity contribution < 1.29 is 18.7 Å². The third-order valence-electron chi connectivity index (χ3n) is 2.78. The maximum Gasteiger partial charge on any atom is 0.240 e. The fraction of sp³-hybridized carbons (Fsp3) is 0.333. The summed E-state index contributed by atoms with van der Waals surface area (Å²) in [5, 5.41) is 3.91. The maximum absolute atomic E-state index is 5.46. The van der Waals surface area contributed by atoms with Crippen molar-refractivity contribution in [2.45, 2.75) is 13.2 Å². The minimum absolute atomic E-state index is 0.206. The molecule has 2 aromatic rings. The number of aromatic nitrogens is 2. The minimum atomic E-state index is 0.206. The van der Waals surface area contributed by atoms with Crippen LogP contribution in [0.4, 0.5) is 0 Å². The van der Waals surface area contributed by atoms with Crippen LogP contribution < -0.4 is 15.2 Å². The number of ether oxygens (including phenoxy) is 3. The molecule has 1 aromatic carbocycles. The van der Waals surface area contributed by atoms with Crippen LogP contribution in [0.15, 0.2) is 16.7 Å². The van der Waals surface area contributed by atoms with Gasteiger partial charge >= 0.3 is 0 Å². The molecule has 3 rings (SSSR count). The van der Waals surface area contributed by atoms with Crippen molar-refractivity contribution in [1.82, 2.24) is 10.1 Å². The molecule has 1 aliphatic rings. The molecule has 1 aliphatic heterocycles. The summed E-state index contributed by atoms with van der Waals surface area (Å²) in [6, 6.07) is 3.68. The molecule has 2 heterocycles. The summed E-state index contributed by atoms with van der Waals surface area (Å²) in [7, 11) is 1.62. The summed E-state index contributed by atoms with van der Waals surface area (Å²) in [4.78, 5) is 4.21. The lowest BCUT2D eigenvalue weighted by molar-refractivity contribution is 0.173. The van der Waals surface area contributed by atoms with E-state index in [9.17, 15) is 0 Å². The predicted octanol–water partition coefficient (Wildman–Crippen LogP) is 1.07. The first-order valence-corrected chi connectivity index (χ1v) is 5.76. The second-order valence-electron chi connectivity index (χ2n) is 4.01. The molecule has 7 heteroatoms. The highest BCUT2D eigenvalue weighted by molar-refractivity contribution is 5.66. The van der Waals surface area contributed by atoms with Gasteiger partial charge in [0.1, 0.15) is 0 Å². The quantitative estimate of drug-likeness (QED) is 0.881. The standard InChI is InChI=1S/C12H13N3O4/c1-16-5-7-2-9-10(18-6-17-9)3-8(7)12-14-11(4-13)19-15-12/h2-3H,4-6,13H2,1H3. The number of benzene rings is 1. The molecule has 0 atom stereocenters. The van der Waals surface area contributed by atoms with Gasteiger partial charge in [-0.2, -0.15) is 4.98 Å². The van der Waals surface area contributed by atoms with Gasteiger partial charge in [0, 0.05) is 12.7 Å². The SMILES string of the molecule is COCc1cc2c(cc1-c1noc(CN)n1)OCO2. The molecule has 0 saturated heterocycles. The maximum atomic E-state index is 5.46. The molecule has 0 spiro atoms. The lowest BCUT2D eigenvalue weighted by Crippen LogP contribution is -1.97. The van der Waals surface area contributed by atoms with E-state index < -0.39 is 0 Å². The molecule has 0 aliphatic carbocycles. The van der Waals surface area contributed by atoms with Gasteiger partial charge in [0.05, 0.1) is 13.2 Å². The van der Waals surface area contributed by atoms with E-state index in [-0.39, 0.29) is 13.3 Å². The monoisotopic (exact) mass is 263 g/mol. The highest BCUT2D eigenvalue weighted by atomic mass is 16.7. The molecule has 0 radical (unpaired) electrons. The van der Waals surface area contributed by atoms with Gasteiger partial charge in [0.15, 0.2) is 11.5 Å². The molecule has 19 heavy (non-hydrogen) atoms. The van der Waals surface area contributed by atoms with Gasteiger partial charge in [-0.15, -0.1) is 0 Å². The van der Waals surface area contributed by atoms with Crippen LogP contribution in [0.5, 0.6) is 11.5 Å². The Hall–Kier alpha value is -2.12. The fourth-order valence-corrected chi connectivity index (χ4v) is 1.91. The molecule has 2 N–H and O–H groups in total. The smallest absolute Gasteiger partial charge is 0.240 e. The number of nitrogens with zero attached hydrogens (tertiary/aromatic N) is 2. The third-order valence-corrected chi connectivity index (χ3v) is 2.78. The van der Waals surface area contributed by atoms with E-state index in [0.29, 0.717) is 29.8 Å². The van der Waals surface area contributed by atoms with Gasteiger partial charge in [0.2, 0.25) is 18.5 Å². The molecular formula is C12H13N3O4. The van der Waals surface area contributed by atoms with Crippen molar-refractivity contribution in [2.75, 3.05) is 13.9 Å². The van der Waals surface area contributed by atoms with E-state index in [0.717, 1.165) is 11.1 Å². The van der Waals surface area contributed by atoms with Gasteiger partial charge in [-0.05, 0) is 17.7 Å². The summed E-state index contributed by atoms with van der Waals surface area (Å²) in [5.74, 6) is 2.20. The summed E-state index contributed by atoms with van der Waals surface area (Å²) < 4.78 is 20.9. The Morgan fingerprint density at radius 2 is 2.11 bits per heavy atom. The number of fused-ring (bicyclic) bond motifs is 1. The lowest BCUT2D eigenvalue weighted by atomic mass is 10.1. The van der Waals surface area contributed by atoms with E-state index in [1.54, 1.807) is 7.11 Å². The molecule has 0 bridgehead atoms. The molecule has 0 unspecified atom stereocenters. The van der Waals surface area contributed by atoms with Gasteiger partial charge in [-0.1, -0.05) is 5.16 Å². The first kappa shape index (κ1) is 11.9. The number of hydrogen-bond acceptors (Lipinski definition) is 7. The first-order chi connectivity index (χ1) is 9.31. The van der Waals surface area contributed by atoms with Crippen LogP contribution in [-0.2, 0) is 17.9 Å². The Kier molecular flexibility index (Phi) is 3.06. The normalized spacial score (nSPS) is 12.9. The zero-order valence-corrected chi connectivity index (χ0v) is 10.4. The van der Waals surface area contributed by atoms with Gasteiger partial charge in [0.25, 0.3) is 0 Å². The van der Waals surface area contributed by atoms with E-state index >= 15 is 0 Å². The molecule has 0 fully saturated rings. The van der Waals surface area contributed by atoms with Crippen molar-refractivity contribution in [3.63, 3.8) is 0 Å². The average Bonchev–Trinajstić information content (AvgIpc) is 3.06.